The van der Waals surface area contributed by atoms with E-state index in [-0.39, 0.29) is 17.3 Å². The molecule has 0 aliphatic rings. The van der Waals surface area contributed by atoms with Crippen LogP contribution in [0, 0.1) is 0 Å². The number of aromatic nitrogens is 4. The van der Waals surface area contributed by atoms with E-state index in [9.17, 15) is 22.8 Å². The van der Waals surface area contributed by atoms with Crippen molar-refractivity contribution in [3.63, 3.8) is 0 Å². The van der Waals surface area contributed by atoms with Crippen LogP contribution in [0.5, 0.6) is 0 Å². The van der Waals surface area contributed by atoms with Crippen molar-refractivity contribution < 1.29 is 22.8 Å². The van der Waals surface area contributed by atoms with Gasteiger partial charge in [-0.05, 0) is 48.5 Å². The van der Waals surface area contributed by atoms with Gasteiger partial charge in [0.25, 0.3) is 11.7 Å². The van der Waals surface area contributed by atoms with Crippen LogP contribution < -0.4 is 5.32 Å². The summed E-state index contributed by atoms with van der Waals surface area (Å²) in [5.74, 6) is -1.10. The largest absolute Gasteiger partial charge is 0.416 e. The maximum Gasteiger partial charge on any atom is 0.416 e. The fourth-order valence-electron chi connectivity index (χ4n) is 2.20. The molecule has 0 aliphatic heterocycles. The van der Waals surface area contributed by atoms with Crippen molar-refractivity contribution in [2.75, 3.05) is 5.32 Å². The van der Waals surface area contributed by atoms with E-state index >= 15 is 0 Å². The summed E-state index contributed by atoms with van der Waals surface area (Å²) in [5.41, 5.74) is 0.204. The van der Waals surface area contributed by atoms with Gasteiger partial charge in [-0.2, -0.15) is 13.2 Å². The van der Waals surface area contributed by atoms with Crippen molar-refractivity contribution in [3.8, 4) is 5.69 Å². The number of alkyl halides is 3. The van der Waals surface area contributed by atoms with Crippen LogP contribution in [0.2, 0.25) is 0 Å². The van der Waals surface area contributed by atoms with Crippen LogP contribution >= 0.6 is 0 Å². The summed E-state index contributed by atoms with van der Waals surface area (Å²) in [6.45, 7) is 1.40. The normalized spacial score (nSPS) is 11.3. The fraction of sp³-hybridized carbons (Fsp3) is 0.118. The number of anilines is 1. The molecule has 138 valence electrons. The molecule has 0 spiro atoms. The van der Waals surface area contributed by atoms with Crippen LogP contribution in [0.1, 0.15) is 33.5 Å². The first-order valence-electron chi connectivity index (χ1n) is 7.64. The number of carbonyl (C=O) groups is 2. The summed E-state index contributed by atoms with van der Waals surface area (Å²) < 4.78 is 37.8. The number of rotatable bonds is 4. The minimum atomic E-state index is -4.45. The minimum Gasteiger partial charge on any atom is -0.319 e. The van der Waals surface area contributed by atoms with E-state index in [1.54, 1.807) is 18.2 Å². The number of nitrogens with zero attached hydrogens (tertiary/aromatic N) is 4. The van der Waals surface area contributed by atoms with Gasteiger partial charge in [0.05, 0.1) is 11.3 Å². The molecule has 27 heavy (non-hydrogen) atoms. The van der Waals surface area contributed by atoms with Crippen molar-refractivity contribution >= 4 is 17.4 Å². The fourth-order valence-corrected chi connectivity index (χ4v) is 2.20. The molecule has 0 saturated heterocycles. The molecule has 3 rings (SSSR count). The monoisotopic (exact) mass is 375 g/mol. The van der Waals surface area contributed by atoms with Gasteiger partial charge >= 0.3 is 6.18 Å². The predicted octanol–water partition coefficient (Wildman–Crippen LogP) is 3.14. The van der Waals surface area contributed by atoms with Gasteiger partial charge < -0.3 is 5.32 Å². The number of nitrogens with one attached hydrogen (secondary N) is 1. The summed E-state index contributed by atoms with van der Waals surface area (Å²) in [6.07, 6.45) is -4.45. The van der Waals surface area contributed by atoms with E-state index in [1.807, 2.05) is 0 Å². The Morgan fingerprint density at radius 3 is 2.41 bits per heavy atom. The molecular weight excluding hydrogens is 363 g/mol. The molecule has 0 radical (unpaired) electrons. The first kappa shape index (κ1) is 18.2. The molecule has 1 aromatic heterocycles. The first-order valence-corrected chi connectivity index (χ1v) is 7.64. The van der Waals surface area contributed by atoms with Crippen LogP contribution in [-0.2, 0) is 6.18 Å². The predicted molar refractivity (Wildman–Crippen MR) is 88.6 cm³/mol. The lowest BCUT2D eigenvalue weighted by atomic mass is 10.1. The zero-order valence-corrected chi connectivity index (χ0v) is 13.9. The second-order valence-electron chi connectivity index (χ2n) is 5.54. The molecular formula is C17H12F3N5O2. The maximum atomic E-state index is 12.6. The van der Waals surface area contributed by atoms with E-state index in [4.69, 9.17) is 0 Å². The Balaban J connectivity index is 1.76. The average molecular weight is 375 g/mol. The number of tetrazole rings is 1. The maximum absolute atomic E-state index is 12.6. The zero-order valence-electron chi connectivity index (χ0n) is 13.9. The van der Waals surface area contributed by atoms with Crippen molar-refractivity contribution in [2.24, 2.45) is 0 Å². The van der Waals surface area contributed by atoms with Crippen LogP contribution in [0.3, 0.4) is 0 Å². The van der Waals surface area contributed by atoms with Gasteiger partial charge in [-0.15, -0.1) is 15.0 Å². The van der Waals surface area contributed by atoms with Gasteiger partial charge in [-0.25, -0.2) is 0 Å². The van der Waals surface area contributed by atoms with Gasteiger partial charge in [0.2, 0.25) is 0 Å². The quantitative estimate of drug-likeness (QED) is 0.708. The molecule has 0 atom stereocenters. The average Bonchev–Trinajstić information content (AvgIpc) is 3.11. The lowest BCUT2D eigenvalue weighted by Gasteiger charge is -2.06. The van der Waals surface area contributed by atoms with Crippen molar-refractivity contribution in [1.29, 1.82) is 0 Å². The van der Waals surface area contributed by atoms with Crippen molar-refractivity contribution in [1.82, 2.24) is 20.2 Å². The van der Waals surface area contributed by atoms with Crippen LogP contribution in [0.4, 0.5) is 18.9 Å². The topological polar surface area (TPSA) is 89.8 Å². The third kappa shape index (κ3) is 4.17. The zero-order chi connectivity index (χ0) is 19.6. The summed E-state index contributed by atoms with van der Waals surface area (Å²) in [6, 6.07) is 10.4. The molecule has 7 nitrogen and oxygen atoms in total. The number of halogens is 3. The van der Waals surface area contributed by atoms with Crippen LogP contribution in [0.15, 0.2) is 48.5 Å². The van der Waals surface area contributed by atoms with Crippen LogP contribution in [-0.4, -0.2) is 31.9 Å². The lowest BCUT2D eigenvalue weighted by Crippen LogP contribution is -2.14. The van der Waals surface area contributed by atoms with E-state index in [1.165, 1.54) is 25.1 Å². The Morgan fingerprint density at radius 1 is 1.07 bits per heavy atom. The smallest absolute Gasteiger partial charge is 0.319 e. The van der Waals surface area contributed by atoms with Gasteiger partial charge in [-0.3, -0.25) is 9.59 Å². The highest BCUT2D eigenvalue weighted by Gasteiger charge is 2.30. The molecule has 2 aromatic carbocycles. The number of benzene rings is 2. The van der Waals surface area contributed by atoms with Gasteiger partial charge in [0, 0.05) is 11.3 Å². The highest BCUT2D eigenvalue weighted by molar-refractivity contribution is 6.02. The number of Topliss-reactive ketones (excluding diaryl/α,β-unsaturated/α-hetero) is 1. The molecule has 0 unspecified atom stereocenters. The Morgan fingerprint density at radius 2 is 1.78 bits per heavy atom. The third-order valence-electron chi connectivity index (χ3n) is 3.57. The van der Waals surface area contributed by atoms with E-state index in [0.717, 1.165) is 16.9 Å². The number of hydrogen-bond acceptors (Lipinski definition) is 5. The Labute approximate surface area is 150 Å². The molecule has 0 saturated carbocycles. The van der Waals surface area contributed by atoms with Gasteiger partial charge in [0.15, 0.2) is 5.78 Å². The van der Waals surface area contributed by atoms with Gasteiger partial charge in [-0.1, -0.05) is 12.1 Å². The first-order chi connectivity index (χ1) is 12.7. The number of ketones is 1. The number of amides is 1. The minimum absolute atomic E-state index is 0.155. The summed E-state index contributed by atoms with van der Waals surface area (Å²) in [7, 11) is 0. The molecule has 1 amide bonds. The second-order valence-corrected chi connectivity index (χ2v) is 5.54. The highest BCUT2D eigenvalue weighted by Crippen LogP contribution is 2.29. The molecule has 0 aliphatic carbocycles. The van der Waals surface area contributed by atoms with Gasteiger partial charge in [0.1, 0.15) is 0 Å². The summed E-state index contributed by atoms with van der Waals surface area (Å²) in [5, 5.41) is 13.7. The SMILES string of the molecule is CC(=O)c1cccc(NC(=O)c2nnn(-c3ccc(C(F)(F)F)cc3)n2)c1. The summed E-state index contributed by atoms with van der Waals surface area (Å²) in [4.78, 5) is 24.5. The Bertz CT molecular complexity index is 996. The molecule has 1 N–H and O–H groups in total. The summed E-state index contributed by atoms with van der Waals surface area (Å²) >= 11 is 0. The molecule has 0 fully saturated rings. The lowest BCUT2D eigenvalue weighted by molar-refractivity contribution is -0.137. The second kappa shape index (κ2) is 6.98. The van der Waals surface area contributed by atoms with Crippen LogP contribution in [0.25, 0.3) is 5.69 Å². The van der Waals surface area contributed by atoms with Crippen molar-refractivity contribution in [2.45, 2.75) is 13.1 Å². The molecule has 1 heterocycles. The third-order valence-corrected chi connectivity index (χ3v) is 3.57. The van der Waals surface area contributed by atoms with Crippen molar-refractivity contribution in [3.05, 3.63) is 65.5 Å². The number of hydrogen-bond donors (Lipinski definition) is 1. The Kier molecular flexibility index (Phi) is 4.72. The van der Waals surface area contributed by atoms with E-state index in [2.05, 4.69) is 20.7 Å². The number of carbonyl (C=O) groups excluding carboxylic acids is 2. The molecule has 0 bridgehead atoms. The highest BCUT2D eigenvalue weighted by atomic mass is 19.4. The molecule has 10 heteroatoms. The van der Waals surface area contributed by atoms with E-state index in [0.29, 0.717) is 11.3 Å². The van der Waals surface area contributed by atoms with E-state index < -0.39 is 17.6 Å². The Hall–Kier alpha value is -3.56. The molecule has 3 aromatic rings. The standard InChI is InChI=1S/C17H12F3N5O2/c1-10(26)11-3-2-4-13(9-11)21-16(27)15-22-24-25(23-15)14-7-5-12(6-8-14)17(18,19)20/h2-9H,1H3,(H,21,27).